The van der Waals surface area contributed by atoms with Crippen LogP contribution >= 0.6 is 0 Å². The number of hydrogen-bond acceptors (Lipinski definition) is 2. The van der Waals surface area contributed by atoms with Gasteiger partial charge in [-0.25, -0.2) is 9.18 Å². The Morgan fingerprint density at radius 3 is 2.41 bits per heavy atom. The van der Waals surface area contributed by atoms with Gasteiger partial charge in [0.25, 0.3) is 0 Å². The van der Waals surface area contributed by atoms with Crippen LogP contribution in [0, 0.1) is 5.82 Å². The van der Waals surface area contributed by atoms with E-state index in [0.717, 1.165) is 23.1 Å². The average molecular weight is 298 g/mol. The topological polar surface area (TPSA) is 26.3 Å². The fraction of sp³-hybridized carbons (Fsp3) is 0.211. The molecule has 0 spiro atoms. The van der Waals surface area contributed by atoms with Gasteiger partial charge in [-0.15, -0.1) is 0 Å². The van der Waals surface area contributed by atoms with E-state index in [9.17, 15) is 9.18 Å². The Bertz CT molecular complexity index is 630. The molecule has 0 amide bonds. The maximum atomic E-state index is 12.9. The first kappa shape index (κ1) is 16.0. The van der Waals surface area contributed by atoms with E-state index < -0.39 is 0 Å². The number of esters is 1. The molecule has 0 saturated carbocycles. The summed E-state index contributed by atoms with van der Waals surface area (Å²) in [5.41, 5.74) is 2.95. The zero-order valence-corrected chi connectivity index (χ0v) is 12.6. The second-order valence-electron chi connectivity index (χ2n) is 4.91. The van der Waals surface area contributed by atoms with Gasteiger partial charge in [0.1, 0.15) is 5.82 Å². The van der Waals surface area contributed by atoms with E-state index in [1.807, 2.05) is 30.3 Å². The summed E-state index contributed by atoms with van der Waals surface area (Å²) < 4.78 is 17.9. The minimum Gasteiger partial charge on any atom is -0.463 e. The molecule has 0 heterocycles. The van der Waals surface area contributed by atoms with Gasteiger partial charge in [-0.05, 0) is 48.6 Å². The highest BCUT2D eigenvalue weighted by molar-refractivity contribution is 5.91. The average Bonchev–Trinajstić information content (AvgIpc) is 2.54. The first-order chi connectivity index (χ1) is 10.7. The van der Waals surface area contributed by atoms with Crippen molar-refractivity contribution in [1.82, 2.24) is 0 Å². The molecule has 0 aromatic heterocycles. The SMILES string of the molecule is CCOC(=O)/C=C(/CCc1ccc(F)cc1)c1ccccc1. The smallest absolute Gasteiger partial charge is 0.331 e. The summed E-state index contributed by atoms with van der Waals surface area (Å²) in [6, 6.07) is 16.2. The van der Waals surface area contributed by atoms with Crippen molar-refractivity contribution in [2.45, 2.75) is 19.8 Å². The maximum absolute atomic E-state index is 12.9. The first-order valence-electron chi connectivity index (χ1n) is 7.36. The molecule has 0 unspecified atom stereocenters. The summed E-state index contributed by atoms with van der Waals surface area (Å²) in [5, 5.41) is 0. The summed E-state index contributed by atoms with van der Waals surface area (Å²) in [6.45, 7) is 2.14. The molecular weight excluding hydrogens is 279 g/mol. The second-order valence-corrected chi connectivity index (χ2v) is 4.91. The molecule has 2 rings (SSSR count). The van der Waals surface area contributed by atoms with E-state index in [-0.39, 0.29) is 11.8 Å². The third-order valence-electron chi connectivity index (χ3n) is 3.32. The third kappa shape index (κ3) is 4.85. The van der Waals surface area contributed by atoms with Gasteiger partial charge in [-0.1, -0.05) is 42.5 Å². The van der Waals surface area contributed by atoms with Gasteiger partial charge in [-0.2, -0.15) is 0 Å². The van der Waals surface area contributed by atoms with Crippen LogP contribution in [-0.4, -0.2) is 12.6 Å². The Morgan fingerprint density at radius 2 is 1.77 bits per heavy atom. The monoisotopic (exact) mass is 298 g/mol. The van der Waals surface area contributed by atoms with Crippen LogP contribution in [0.15, 0.2) is 60.7 Å². The van der Waals surface area contributed by atoms with E-state index in [1.165, 1.54) is 12.1 Å². The second kappa shape index (κ2) is 8.13. The van der Waals surface area contributed by atoms with E-state index in [4.69, 9.17) is 4.74 Å². The molecule has 0 atom stereocenters. The van der Waals surface area contributed by atoms with Crippen LogP contribution in [0.3, 0.4) is 0 Å². The number of ether oxygens (including phenoxy) is 1. The largest absolute Gasteiger partial charge is 0.463 e. The van der Waals surface area contributed by atoms with E-state index in [0.29, 0.717) is 13.0 Å². The quantitative estimate of drug-likeness (QED) is 0.583. The fourth-order valence-corrected chi connectivity index (χ4v) is 2.21. The molecule has 0 aliphatic carbocycles. The maximum Gasteiger partial charge on any atom is 0.331 e. The Kier molecular flexibility index (Phi) is 5.90. The molecule has 114 valence electrons. The predicted octanol–water partition coefficient (Wildman–Crippen LogP) is 4.41. The number of carbonyl (C=O) groups excluding carboxylic acids is 1. The summed E-state index contributed by atoms with van der Waals surface area (Å²) in [7, 11) is 0. The summed E-state index contributed by atoms with van der Waals surface area (Å²) >= 11 is 0. The number of allylic oxidation sites excluding steroid dienone is 1. The molecule has 0 saturated heterocycles. The number of carbonyl (C=O) groups is 1. The molecule has 2 aromatic carbocycles. The lowest BCUT2D eigenvalue weighted by molar-refractivity contribution is -0.137. The molecule has 0 aliphatic rings. The van der Waals surface area contributed by atoms with E-state index in [1.54, 1.807) is 25.1 Å². The Morgan fingerprint density at radius 1 is 1.09 bits per heavy atom. The summed E-state index contributed by atoms with van der Waals surface area (Å²) in [6.07, 6.45) is 2.97. The minimum absolute atomic E-state index is 0.242. The van der Waals surface area contributed by atoms with Gasteiger partial charge in [0.05, 0.1) is 6.61 Å². The van der Waals surface area contributed by atoms with Gasteiger partial charge < -0.3 is 4.74 Å². The standard InChI is InChI=1S/C19H19FO2/c1-2-22-19(21)14-17(16-6-4-3-5-7-16)11-8-15-9-12-18(20)13-10-15/h3-7,9-10,12-14H,2,8,11H2,1H3/b17-14-. The molecule has 0 N–H and O–H groups in total. The fourth-order valence-electron chi connectivity index (χ4n) is 2.21. The summed E-state index contributed by atoms with van der Waals surface area (Å²) in [4.78, 5) is 11.7. The highest BCUT2D eigenvalue weighted by Gasteiger charge is 2.06. The van der Waals surface area contributed by atoms with Crippen LogP contribution in [0.4, 0.5) is 4.39 Å². The number of benzene rings is 2. The summed E-state index contributed by atoms with van der Waals surface area (Å²) in [5.74, 6) is -0.574. The zero-order chi connectivity index (χ0) is 15.8. The van der Waals surface area contributed by atoms with Crippen molar-refractivity contribution in [2.24, 2.45) is 0 Å². The van der Waals surface area contributed by atoms with Gasteiger partial charge in [0, 0.05) is 6.08 Å². The highest BCUT2D eigenvalue weighted by Crippen LogP contribution is 2.21. The number of hydrogen-bond donors (Lipinski definition) is 0. The van der Waals surface area contributed by atoms with Crippen molar-refractivity contribution in [3.63, 3.8) is 0 Å². The zero-order valence-electron chi connectivity index (χ0n) is 12.6. The highest BCUT2D eigenvalue weighted by atomic mass is 19.1. The lowest BCUT2D eigenvalue weighted by atomic mass is 9.98. The molecule has 22 heavy (non-hydrogen) atoms. The van der Waals surface area contributed by atoms with Crippen LogP contribution in [-0.2, 0) is 16.0 Å². The molecule has 0 fully saturated rings. The van der Waals surface area contributed by atoms with Gasteiger partial charge >= 0.3 is 5.97 Å². The molecule has 3 heteroatoms. The van der Waals surface area contributed by atoms with Gasteiger partial charge in [0.15, 0.2) is 0 Å². The Balaban J connectivity index is 2.14. The third-order valence-corrected chi connectivity index (χ3v) is 3.32. The van der Waals surface area contributed by atoms with Crippen molar-refractivity contribution in [1.29, 1.82) is 0 Å². The predicted molar refractivity (Wildman–Crippen MR) is 85.8 cm³/mol. The van der Waals surface area contributed by atoms with Crippen molar-refractivity contribution in [3.05, 3.63) is 77.6 Å². The lowest BCUT2D eigenvalue weighted by Gasteiger charge is -2.08. The molecule has 2 aromatic rings. The molecule has 0 radical (unpaired) electrons. The number of rotatable bonds is 6. The molecule has 0 aliphatic heterocycles. The Labute approximate surface area is 130 Å². The van der Waals surface area contributed by atoms with Crippen molar-refractivity contribution < 1.29 is 13.9 Å². The normalized spacial score (nSPS) is 11.3. The first-order valence-corrected chi connectivity index (χ1v) is 7.36. The number of aryl methyl sites for hydroxylation is 1. The molecule has 2 nitrogen and oxygen atoms in total. The number of halogens is 1. The van der Waals surface area contributed by atoms with Crippen LogP contribution in [0.5, 0.6) is 0 Å². The van der Waals surface area contributed by atoms with Crippen LogP contribution in [0.1, 0.15) is 24.5 Å². The van der Waals surface area contributed by atoms with E-state index in [2.05, 4.69) is 0 Å². The van der Waals surface area contributed by atoms with Gasteiger partial charge in [0.2, 0.25) is 0 Å². The van der Waals surface area contributed by atoms with Crippen LogP contribution < -0.4 is 0 Å². The lowest BCUT2D eigenvalue weighted by Crippen LogP contribution is -2.02. The molecule has 0 bridgehead atoms. The van der Waals surface area contributed by atoms with Gasteiger partial charge in [-0.3, -0.25) is 0 Å². The Hall–Kier alpha value is -2.42. The van der Waals surface area contributed by atoms with Crippen LogP contribution in [0.25, 0.3) is 5.57 Å². The van der Waals surface area contributed by atoms with E-state index >= 15 is 0 Å². The van der Waals surface area contributed by atoms with Crippen molar-refractivity contribution in [3.8, 4) is 0 Å². The van der Waals surface area contributed by atoms with Crippen molar-refractivity contribution >= 4 is 11.5 Å². The van der Waals surface area contributed by atoms with Crippen molar-refractivity contribution in [2.75, 3.05) is 6.61 Å². The van der Waals surface area contributed by atoms with Crippen LogP contribution in [0.2, 0.25) is 0 Å². The molecular formula is C19H19FO2. The minimum atomic E-state index is -0.333.